The fourth-order valence-corrected chi connectivity index (χ4v) is 2.20. The van der Waals surface area contributed by atoms with Gasteiger partial charge < -0.3 is 10.1 Å². The van der Waals surface area contributed by atoms with Crippen molar-refractivity contribution in [1.29, 1.82) is 0 Å². The molecule has 1 aliphatic carbocycles. The number of nitrogens with two attached hydrogens (primary N) is 1. The lowest BCUT2D eigenvalue weighted by Gasteiger charge is -2.00. The van der Waals surface area contributed by atoms with Crippen molar-refractivity contribution in [1.82, 2.24) is 9.38 Å². The van der Waals surface area contributed by atoms with Crippen LogP contribution in [0.1, 0.15) is 23.4 Å². The minimum absolute atomic E-state index is 0.591. The lowest BCUT2D eigenvalue weighted by molar-refractivity contribution is 0.867. The Balaban J connectivity index is 2.27. The Morgan fingerprint density at radius 1 is 1.43 bits per heavy atom. The Bertz CT molecular complexity index is 484. The molecule has 2 aromatic rings. The summed E-state index contributed by atoms with van der Waals surface area (Å²) in [5, 5.41) is 0. The molecule has 14 heavy (non-hydrogen) atoms. The van der Waals surface area contributed by atoms with E-state index >= 15 is 0 Å². The van der Waals surface area contributed by atoms with Gasteiger partial charge in [-0.2, -0.15) is 0 Å². The van der Waals surface area contributed by atoms with Crippen molar-refractivity contribution in [3.05, 3.63) is 35.3 Å². The van der Waals surface area contributed by atoms with Crippen LogP contribution in [0.25, 0.3) is 5.65 Å². The van der Waals surface area contributed by atoms with Gasteiger partial charge in [0.05, 0.1) is 5.69 Å². The molecule has 0 unspecified atom stereocenters. The summed E-state index contributed by atoms with van der Waals surface area (Å²) in [4.78, 5) is 4.61. The van der Waals surface area contributed by atoms with Gasteiger partial charge in [0.15, 0.2) is 0 Å². The van der Waals surface area contributed by atoms with Crippen molar-refractivity contribution in [3.63, 3.8) is 0 Å². The van der Waals surface area contributed by atoms with Crippen molar-refractivity contribution in [2.24, 2.45) is 5.73 Å². The summed E-state index contributed by atoms with van der Waals surface area (Å²) in [7, 11) is 0. The molecule has 0 spiro atoms. The zero-order valence-electron chi connectivity index (χ0n) is 8.03. The number of aryl methyl sites for hydroxylation is 2. The molecular formula is C11H13N3. The Morgan fingerprint density at radius 2 is 2.36 bits per heavy atom. The molecule has 3 nitrogen and oxygen atoms in total. The minimum Gasteiger partial charge on any atom is -0.326 e. The first kappa shape index (κ1) is 8.00. The van der Waals surface area contributed by atoms with Crippen LogP contribution in [0.4, 0.5) is 0 Å². The van der Waals surface area contributed by atoms with E-state index < -0.39 is 0 Å². The molecule has 0 aliphatic heterocycles. The van der Waals surface area contributed by atoms with Crippen LogP contribution in [0.2, 0.25) is 0 Å². The largest absolute Gasteiger partial charge is 0.326 e. The van der Waals surface area contributed by atoms with Crippen LogP contribution in [-0.2, 0) is 19.4 Å². The molecule has 0 fully saturated rings. The van der Waals surface area contributed by atoms with Gasteiger partial charge in [-0.05, 0) is 37.0 Å². The molecular weight excluding hydrogens is 174 g/mol. The van der Waals surface area contributed by atoms with Gasteiger partial charge in [-0.15, -0.1) is 0 Å². The number of hydrogen-bond donors (Lipinski definition) is 1. The topological polar surface area (TPSA) is 43.3 Å². The lowest BCUT2D eigenvalue weighted by atomic mass is 10.2. The molecule has 0 aromatic carbocycles. The highest BCUT2D eigenvalue weighted by Gasteiger charge is 2.17. The Hall–Kier alpha value is -1.35. The van der Waals surface area contributed by atoms with Gasteiger partial charge in [0.2, 0.25) is 0 Å². The second-order valence-corrected chi connectivity index (χ2v) is 3.83. The molecule has 3 heteroatoms. The second-order valence-electron chi connectivity index (χ2n) is 3.83. The number of fused-ring (bicyclic) bond motifs is 3. The Kier molecular flexibility index (Phi) is 1.61. The van der Waals surface area contributed by atoms with E-state index in [0.29, 0.717) is 6.54 Å². The molecule has 72 valence electrons. The van der Waals surface area contributed by atoms with E-state index in [0.717, 1.165) is 17.6 Å². The normalized spacial score (nSPS) is 14.9. The van der Waals surface area contributed by atoms with Crippen molar-refractivity contribution in [3.8, 4) is 0 Å². The third kappa shape index (κ3) is 0.990. The number of rotatable bonds is 1. The summed E-state index contributed by atoms with van der Waals surface area (Å²) in [5.41, 5.74) is 10.5. The Labute approximate surface area is 82.6 Å². The maximum absolute atomic E-state index is 5.60. The van der Waals surface area contributed by atoms with Crippen LogP contribution in [0, 0.1) is 0 Å². The maximum Gasteiger partial charge on any atom is 0.137 e. The van der Waals surface area contributed by atoms with Crippen LogP contribution in [-0.4, -0.2) is 9.38 Å². The molecule has 2 heterocycles. The molecule has 0 bridgehead atoms. The van der Waals surface area contributed by atoms with Crippen LogP contribution >= 0.6 is 0 Å². The van der Waals surface area contributed by atoms with Crippen molar-refractivity contribution in [2.45, 2.75) is 25.8 Å². The average Bonchev–Trinajstić information content (AvgIpc) is 2.75. The third-order valence-electron chi connectivity index (χ3n) is 2.94. The van der Waals surface area contributed by atoms with E-state index in [-0.39, 0.29) is 0 Å². The summed E-state index contributed by atoms with van der Waals surface area (Å²) in [5.74, 6) is 0. The molecule has 0 saturated carbocycles. The van der Waals surface area contributed by atoms with E-state index in [2.05, 4.69) is 27.7 Å². The summed E-state index contributed by atoms with van der Waals surface area (Å²) < 4.78 is 2.20. The molecule has 0 atom stereocenters. The van der Waals surface area contributed by atoms with Crippen molar-refractivity contribution >= 4 is 5.65 Å². The summed E-state index contributed by atoms with van der Waals surface area (Å²) in [6.07, 6.45) is 5.64. The quantitative estimate of drug-likeness (QED) is 0.730. The van der Waals surface area contributed by atoms with E-state index in [1.807, 2.05) is 0 Å². The summed E-state index contributed by atoms with van der Waals surface area (Å²) in [6, 6.07) is 4.16. The predicted molar refractivity (Wildman–Crippen MR) is 55.1 cm³/mol. The first-order valence-corrected chi connectivity index (χ1v) is 5.07. The predicted octanol–water partition coefficient (Wildman–Crippen LogP) is 1.28. The molecule has 1 aliphatic rings. The van der Waals surface area contributed by atoms with Crippen molar-refractivity contribution < 1.29 is 0 Å². The highest BCUT2D eigenvalue weighted by atomic mass is 15.0. The fraction of sp³-hybridized carbons (Fsp3) is 0.364. The van der Waals surface area contributed by atoms with Crippen LogP contribution < -0.4 is 5.73 Å². The Morgan fingerprint density at radius 3 is 3.21 bits per heavy atom. The van der Waals surface area contributed by atoms with Gasteiger partial charge in [-0.3, -0.25) is 0 Å². The highest BCUT2D eigenvalue weighted by molar-refractivity contribution is 5.47. The van der Waals surface area contributed by atoms with Gasteiger partial charge in [0, 0.05) is 18.4 Å². The molecule has 0 amide bonds. The monoisotopic (exact) mass is 187 g/mol. The molecule has 0 radical (unpaired) electrons. The fourth-order valence-electron chi connectivity index (χ4n) is 2.20. The minimum atomic E-state index is 0.591. The number of pyridine rings is 1. The SMILES string of the molecule is NCc1ccn2c3c(nc2c1)CCC3. The summed E-state index contributed by atoms with van der Waals surface area (Å²) in [6.45, 7) is 0.591. The number of aromatic nitrogens is 2. The summed E-state index contributed by atoms with van der Waals surface area (Å²) >= 11 is 0. The van der Waals surface area contributed by atoms with Gasteiger partial charge >= 0.3 is 0 Å². The van der Waals surface area contributed by atoms with E-state index in [4.69, 9.17) is 5.73 Å². The maximum atomic E-state index is 5.60. The van der Waals surface area contributed by atoms with Crippen molar-refractivity contribution in [2.75, 3.05) is 0 Å². The van der Waals surface area contributed by atoms with Gasteiger partial charge in [-0.25, -0.2) is 4.98 Å². The lowest BCUT2D eigenvalue weighted by Crippen LogP contribution is -1.98. The zero-order valence-corrected chi connectivity index (χ0v) is 8.03. The third-order valence-corrected chi connectivity index (χ3v) is 2.94. The standard InChI is InChI=1S/C11H13N3/c12-7-8-4-5-14-10-3-1-2-9(10)13-11(14)6-8/h4-6H,1-3,7,12H2. The van der Waals surface area contributed by atoms with E-state index in [1.165, 1.54) is 24.2 Å². The molecule has 2 N–H and O–H groups in total. The number of hydrogen-bond acceptors (Lipinski definition) is 2. The zero-order chi connectivity index (χ0) is 9.54. The van der Waals surface area contributed by atoms with Crippen LogP contribution in [0.5, 0.6) is 0 Å². The number of nitrogens with zero attached hydrogens (tertiary/aromatic N) is 2. The smallest absolute Gasteiger partial charge is 0.137 e. The molecule has 0 saturated heterocycles. The average molecular weight is 187 g/mol. The molecule has 2 aromatic heterocycles. The second kappa shape index (κ2) is 2.82. The highest BCUT2D eigenvalue weighted by Crippen LogP contribution is 2.22. The van der Waals surface area contributed by atoms with Crippen LogP contribution in [0.3, 0.4) is 0 Å². The van der Waals surface area contributed by atoms with Gasteiger partial charge in [0.25, 0.3) is 0 Å². The van der Waals surface area contributed by atoms with Crippen LogP contribution in [0.15, 0.2) is 18.3 Å². The first-order valence-electron chi connectivity index (χ1n) is 5.07. The van der Waals surface area contributed by atoms with E-state index in [1.54, 1.807) is 0 Å². The number of imidazole rings is 1. The van der Waals surface area contributed by atoms with Gasteiger partial charge in [0.1, 0.15) is 5.65 Å². The first-order chi connectivity index (χ1) is 6.88. The van der Waals surface area contributed by atoms with Gasteiger partial charge in [-0.1, -0.05) is 0 Å². The van der Waals surface area contributed by atoms with E-state index in [9.17, 15) is 0 Å². The molecule has 3 rings (SSSR count).